The summed E-state index contributed by atoms with van der Waals surface area (Å²) in [4.78, 5) is 12.8. The number of carbonyl (C=O) groups is 1. The van der Waals surface area contributed by atoms with E-state index in [-0.39, 0.29) is 5.78 Å². The summed E-state index contributed by atoms with van der Waals surface area (Å²) < 4.78 is 5.38. The van der Waals surface area contributed by atoms with Crippen molar-refractivity contribution >= 4 is 17.9 Å². The smallest absolute Gasteiger partial charge is 0.169 e. The molecule has 2 nitrogen and oxygen atoms in total. The lowest BCUT2D eigenvalue weighted by Gasteiger charge is -2.33. The Morgan fingerprint density at radius 1 is 1.08 bits per heavy atom. The molecule has 0 amide bonds. The van der Waals surface area contributed by atoms with Crippen LogP contribution in [0.3, 0.4) is 0 Å². The number of rotatable bonds is 4. The number of fused-ring (bicyclic) bond motifs is 1. The van der Waals surface area contributed by atoms with E-state index in [0.29, 0.717) is 6.42 Å². The molecule has 3 rings (SSSR count). The second-order valence-corrected chi connectivity index (χ2v) is 6.42. The minimum Gasteiger partial charge on any atom is -0.496 e. The van der Waals surface area contributed by atoms with Gasteiger partial charge in [0.15, 0.2) is 5.78 Å². The van der Waals surface area contributed by atoms with Gasteiger partial charge in [0.25, 0.3) is 0 Å². The Hall–Kier alpha value is -2.61. The van der Waals surface area contributed by atoms with Gasteiger partial charge in [0, 0.05) is 5.56 Å². The van der Waals surface area contributed by atoms with Gasteiger partial charge in [-0.3, -0.25) is 4.79 Å². The number of methoxy groups -OCH3 is 1. The third kappa shape index (κ3) is 2.80. The molecule has 24 heavy (non-hydrogen) atoms. The molecule has 2 aromatic rings. The lowest BCUT2D eigenvalue weighted by Crippen LogP contribution is -2.35. The molecule has 0 aromatic heterocycles. The summed E-state index contributed by atoms with van der Waals surface area (Å²) in [5, 5.41) is 0. The molecule has 2 heteroatoms. The summed E-state index contributed by atoms with van der Waals surface area (Å²) in [6.45, 7) is 3.94. The van der Waals surface area contributed by atoms with Gasteiger partial charge in [-0.25, -0.2) is 0 Å². The van der Waals surface area contributed by atoms with Crippen molar-refractivity contribution in [3.05, 3.63) is 76.9 Å². The topological polar surface area (TPSA) is 26.3 Å². The van der Waals surface area contributed by atoms with Crippen molar-refractivity contribution in [1.82, 2.24) is 0 Å². The number of ether oxygens (including phenoxy) is 1. The average Bonchev–Trinajstić information content (AvgIpc) is 2.60. The van der Waals surface area contributed by atoms with Gasteiger partial charge in [0.2, 0.25) is 0 Å². The van der Waals surface area contributed by atoms with E-state index < -0.39 is 5.41 Å². The van der Waals surface area contributed by atoms with Crippen LogP contribution in [0.1, 0.15) is 37.0 Å². The summed E-state index contributed by atoms with van der Waals surface area (Å²) in [6.07, 6.45) is 6.76. The van der Waals surface area contributed by atoms with E-state index >= 15 is 0 Å². The van der Waals surface area contributed by atoms with E-state index in [0.717, 1.165) is 28.0 Å². The number of ketones is 1. The molecule has 0 bridgehead atoms. The molecular weight excluding hydrogens is 296 g/mol. The summed E-state index contributed by atoms with van der Waals surface area (Å²) in [5.41, 5.74) is 3.57. The van der Waals surface area contributed by atoms with Gasteiger partial charge in [0.1, 0.15) is 5.75 Å². The zero-order valence-corrected chi connectivity index (χ0v) is 14.4. The summed E-state index contributed by atoms with van der Waals surface area (Å²) >= 11 is 0. The molecule has 0 saturated carbocycles. The van der Waals surface area contributed by atoms with E-state index in [1.54, 1.807) is 7.11 Å². The lowest BCUT2D eigenvalue weighted by atomic mass is 9.69. The maximum absolute atomic E-state index is 12.8. The van der Waals surface area contributed by atoms with Crippen LogP contribution in [-0.4, -0.2) is 12.9 Å². The van der Waals surface area contributed by atoms with Crippen molar-refractivity contribution in [2.45, 2.75) is 25.7 Å². The molecule has 122 valence electrons. The molecule has 0 radical (unpaired) electrons. The Kier molecular flexibility index (Phi) is 4.39. The maximum Gasteiger partial charge on any atom is 0.169 e. The summed E-state index contributed by atoms with van der Waals surface area (Å²) in [7, 11) is 1.67. The van der Waals surface area contributed by atoms with Crippen LogP contribution in [0.5, 0.6) is 5.75 Å². The van der Waals surface area contributed by atoms with Crippen LogP contribution in [0, 0.1) is 0 Å². The van der Waals surface area contributed by atoms with E-state index in [4.69, 9.17) is 4.74 Å². The van der Waals surface area contributed by atoms with Crippen molar-refractivity contribution in [3.63, 3.8) is 0 Å². The Labute approximate surface area is 143 Å². The van der Waals surface area contributed by atoms with Gasteiger partial charge >= 0.3 is 0 Å². The van der Waals surface area contributed by atoms with Crippen LogP contribution in [0.4, 0.5) is 0 Å². The maximum atomic E-state index is 12.8. The molecule has 0 spiro atoms. The molecule has 0 heterocycles. The SMILES string of the molecule is COc1ccccc1/C=C/C[C@@]1(C)C(=O)C(C)=Cc2ccccc21. The number of benzene rings is 2. The van der Waals surface area contributed by atoms with Crippen LogP contribution >= 0.6 is 0 Å². The fourth-order valence-electron chi connectivity index (χ4n) is 3.41. The van der Waals surface area contributed by atoms with Crippen LogP contribution in [0.25, 0.3) is 12.2 Å². The Balaban J connectivity index is 1.92. The van der Waals surface area contributed by atoms with Crippen molar-refractivity contribution in [2.75, 3.05) is 7.11 Å². The molecule has 1 aliphatic rings. The highest BCUT2D eigenvalue weighted by Gasteiger charge is 2.38. The predicted molar refractivity (Wildman–Crippen MR) is 99.1 cm³/mol. The first kappa shape index (κ1) is 16.3. The second kappa shape index (κ2) is 6.48. The highest BCUT2D eigenvalue weighted by molar-refractivity contribution is 6.09. The monoisotopic (exact) mass is 318 g/mol. The number of hydrogen-bond donors (Lipinski definition) is 0. The van der Waals surface area contributed by atoms with Gasteiger partial charge in [-0.05, 0) is 49.1 Å². The molecule has 0 saturated heterocycles. The largest absolute Gasteiger partial charge is 0.496 e. The molecule has 1 atom stereocenters. The summed E-state index contributed by atoms with van der Waals surface area (Å²) in [5.74, 6) is 1.04. The molecular formula is C22H22O2. The normalized spacial score (nSPS) is 20.0. The van der Waals surface area contributed by atoms with E-state index in [1.165, 1.54) is 0 Å². The van der Waals surface area contributed by atoms with Crippen molar-refractivity contribution in [1.29, 1.82) is 0 Å². The highest BCUT2D eigenvalue weighted by Crippen LogP contribution is 2.39. The minimum atomic E-state index is -0.520. The molecule has 0 N–H and O–H groups in total. The first-order valence-electron chi connectivity index (χ1n) is 8.18. The zero-order valence-electron chi connectivity index (χ0n) is 14.4. The first-order valence-corrected chi connectivity index (χ1v) is 8.18. The van der Waals surface area contributed by atoms with E-state index in [2.05, 4.69) is 18.2 Å². The first-order chi connectivity index (χ1) is 11.6. The molecule has 1 aliphatic carbocycles. The highest BCUT2D eigenvalue weighted by atomic mass is 16.5. The van der Waals surface area contributed by atoms with Crippen molar-refractivity contribution in [2.24, 2.45) is 0 Å². The molecule has 0 fully saturated rings. The summed E-state index contributed by atoms with van der Waals surface area (Å²) in [6, 6.07) is 16.0. The van der Waals surface area contributed by atoms with Crippen LogP contribution in [0.15, 0.2) is 60.2 Å². The third-order valence-electron chi connectivity index (χ3n) is 4.75. The van der Waals surface area contributed by atoms with Gasteiger partial charge in [-0.2, -0.15) is 0 Å². The van der Waals surface area contributed by atoms with E-state index in [9.17, 15) is 4.79 Å². The fraction of sp³-hybridized carbons (Fsp3) is 0.227. The Morgan fingerprint density at radius 2 is 1.79 bits per heavy atom. The number of para-hydroxylation sites is 1. The Bertz CT molecular complexity index is 829. The van der Waals surface area contributed by atoms with Crippen LogP contribution < -0.4 is 4.74 Å². The quantitative estimate of drug-likeness (QED) is 0.789. The predicted octanol–water partition coefficient (Wildman–Crippen LogP) is 5.04. The Morgan fingerprint density at radius 3 is 2.58 bits per heavy atom. The minimum absolute atomic E-state index is 0.200. The van der Waals surface area contributed by atoms with Gasteiger partial charge < -0.3 is 4.74 Å². The van der Waals surface area contributed by atoms with Gasteiger partial charge in [0.05, 0.1) is 12.5 Å². The standard InChI is InChI=1S/C22H22O2/c1-16-15-18-10-4-6-12-19(18)22(2,21(16)23)14-8-11-17-9-5-7-13-20(17)24-3/h4-13,15H,14H2,1-3H3/b11-8+/t22-/m1/s1. The second-order valence-electron chi connectivity index (χ2n) is 6.42. The fourth-order valence-corrected chi connectivity index (χ4v) is 3.41. The number of hydrogen-bond acceptors (Lipinski definition) is 2. The van der Waals surface area contributed by atoms with E-state index in [1.807, 2.05) is 62.4 Å². The molecule has 0 aliphatic heterocycles. The molecule has 0 unspecified atom stereocenters. The van der Waals surface area contributed by atoms with Crippen LogP contribution in [0.2, 0.25) is 0 Å². The number of allylic oxidation sites excluding steroid dienone is 2. The number of carbonyl (C=O) groups excluding carboxylic acids is 1. The lowest BCUT2D eigenvalue weighted by molar-refractivity contribution is -0.120. The van der Waals surface area contributed by atoms with Gasteiger partial charge in [-0.1, -0.05) is 54.6 Å². The van der Waals surface area contributed by atoms with Crippen molar-refractivity contribution in [3.8, 4) is 5.75 Å². The zero-order chi connectivity index (χ0) is 17.2. The molecule has 2 aromatic carbocycles. The number of Topliss-reactive ketones (excluding diaryl/α,β-unsaturated/α-hetero) is 1. The average molecular weight is 318 g/mol. The van der Waals surface area contributed by atoms with Crippen molar-refractivity contribution < 1.29 is 9.53 Å². The van der Waals surface area contributed by atoms with Crippen LogP contribution in [-0.2, 0) is 10.2 Å². The van der Waals surface area contributed by atoms with Gasteiger partial charge in [-0.15, -0.1) is 0 Å². The third-order valence-corrected chi connectivity index (χ3v) is 4.75.